The summed E-state index contributed by atoms with van der Waals surface area (Å²) >= 11 is 6.27. The molecule has 0 fully saturated rings. The number of esters is 1. The van der Waals surface area contributed by atoms with E-state index in [1.54, 1.807) is 37.3 Å². The fraction of sp³-hybridized carbons (Fsp3) is 0.294. The van der Waals surface area contributed by atoms with Gasteiger partial charge in [0, 0.05) is 27.6 Å². The number of ether oxygens (including phenoxy) is 3. The van der Waals surface area contributed by atoms with Gasteiger partial charge in [-0.2, -0.15) is 5.26 Å². The van der Waals surface area contributed by atoms with Crippen LogP contribution in [-0.4, -0.2) is 12.6 Å². The summed E-state index contributed by atoms with van der Waals surface area (Å²) in [4.78, 5) is 13.1. The van der Waals surface area contributed by atoms with Gasteiger partial charge in [0.05, 0.1) is 12.5 Å². The van der Waals surface area contributed by atoms with E-state index in [0.717, 1.165) is 40.7 Å². The van der Waals surface area contributed by atoms with E-state index in [1.165, 1.54) is 19.3 Å². The molecule has 42 heavy (non-hydrogen) atoms. The van der Waals surface area contributed by atoms with Gasteiger partial charge in [0.1, 0.15) is 34.5 Å². The fourth-order valence-electron chi connectivity index (χ4n) is 5.18. The number of allylic oxidation sites excluding steroid dienone is 1. The van der Waals surface area contributed by atoms with Gasteiger partial charge in [-0.25, -0.2) is 4.79 Å². The molecule has 1 unspecified atom stereocenters. The van der Waals surface area contributed by atoms with Crippen LogP contribution in [0.5, 0.6) is 17.2 Å². The normalized spacial score (nSPS) is 14.3. The molecule has 3 aromatic carbocycles. The molecular formula is C34H33ClN2O5. The van der Waals surface area contributed by atoms with E-state index in [-0.39, 0.29) is 17.4 Å². The number of carbonyl (C=O) groups is 1. The zero-order valence-electron chi connectivity index (χ0n) is 24.0. The maximum atomic E-state index is 13.1. The largest absolute Gasteiger partial charge is 0.494 e. The van der Waals surface area contributed by atoms with E-state index in [2.05, 4.69) is 13.0 Å². The smallest absolute Gasteiger partial charge is 0.379 e. The Balaban J connectivity index is 1.35. The molecule has 0 radical (unpaired) electrons. The molecule has 216 valence electrons. The maximum Gasteiger partial charge on any atom is 0.379 e. The second-order valence-electron chi connectivity index (χ2n) is 10.5. The number of hydrogen-bond acceptors (Lipinski definition) is 7. The molecule has 1 aliphatic rings. The average molecular weight is 585 g/mol. The molecule has 2 N–H and O–H groups in total. The summed E-state index contributed by atoms with van der Waals surface area (Å²) < 4.78 is 23.2. The Hall–Kier alpha value is -4.41. The highest BCUT2D eigenvalue weighted by Gasteiger charge is 2.31. The summed E-state index contributed by atoms with van der Waals surface area (Å²) in [5.74, 6) is 0.436. The fourth-order valence-corrected chi connectivity index (χ4v) is 5.35. The minimum atomic E-state index is -0.646. The van der Waals surface area contributed by atoms with E-state index >= 15 is 0 Å². The van der Waals surface area contributed by atoms with Gasteiger partial charge in [0.25, 0.3) is 0 Å². The van der Waals surface area contributed by atoms with Crippen molar-refractivity contribution in [1.82, 2.24) is 0 Å². The van der Waals surface area contributed by atoms with Crippen molar-refractivity contribution in [3.05, 3.63) is 99.1 Å². The first-order valence-corrected chi connectivity index (χ1v) is 14.5. The minimum absolute atomic E-state index is 0.00580. The van der Waals surface area contributed by atoms with Gasteiger partial charge in [0.15, 0.2) is 0 Å². The van der Waals surface area contributed by atoms with E-state index in [1.807, 2.05) is 31.2 Å². The minimum Gasteiger partial charge on any atom is -0.494 e. The highest BCUT2D eigenvalue weighted by molar-refractivity contribution is 6.32. The Labute approximate surface area is 250 Å². The molecule has 1 atom stereocenters. The number of benzene rings is 3. The predicted molar refractivity (Wildman–Crippen MR) is 162 cm³/mol. The Morgan fingerprint density at radius 1 is 1.02 bits per heavy atom. The first-order valence-electron chi connectivity index (χ1n) is 14.2. The molecule has 0 saturated carbocycles. The van der Waals surface area contributed by atoms with E-state index in [9.17, 15) is 10.1 Å². The predicted octanol–water partition coefficient (Wildman–Crippen LogP) is 8.49. The molecule has 1 aliphatic heterocycles. The Bertz CT molecular complexity index is 1700. The third kappa shape index (κ3) is 5.95. The van der Waals surface area contributed by atoms with E-state index in [0.29, 0.717) is 34.1 Å². The monoisotopic (exact) mass is 584 g/mol. The van der Waals surface area contributed by atoms with Crippen molar-refractivity contribution in [3.8, 4) is 23.3 Å². The maximum absolute atomic E-state index is 13.1. The van der Waals surface area contributed by atoms with Crippen molar-refractivity contribution >= 4 is 28.5 Å². The third-order valence-corrected chi connectivity index (χ3v) is 7.94. The van der Waals surface area contributed by atoms with Gasteiger partial charge in [-0.3, -0.25) is 0 Å². The van der Waals surface area contributed by atoms with Gasteiger partial charge in [-0.1, -0.05) is 62.4 Å². The second-order valence-corrected chi connectivity index (χ2v) is 10.9. The van der Waals surface area contributed by atoms with E-state index in [4.69, 9.17) is 36.0 Å². The number of carbonyl (C=O) groups excluding carboxylic acids is 1. The van der Waals surface area contributed by atoms with Crippen LogP contribution in [0.2, 0.25) is 5.02 Å². The Morgan fingerprint density at radius 3 is 2.50 bits per heavy atom. The molecule has 0 spiro atoms. The summed E-state index contributed by atoms with van der Waals surface area (Å²) in [6, 6.07) is 18.5. The Morgan fingerprint density at radius 2 is 1.76 bits per heavy atom. The summed E-state index contributed by atoms with van der Waals surface area (Å²) in [6.07, 6.45) is 5.86. The average Bonchev–Trinajstić information content (AvgIpc) is 3.29. The zero-order chi connectivity index (χ0) is 29.8. The molecule has 5 rings (SSSR count). The third-order valence-electron chi connectivity index (χ3n) is 7.53. The number of rotatable bonds is 10. The number of nitrogens with zero attached hydrogens (tertiary/aromatic N) is 1. The topological polar surface area (TPSA) is 108 Å². The van der Waals surface area contributed by atoms with Crippen LogP contribution in [-0.2, 0) is 0 Å². The molecule has 0 bridgehead atoms. The molecular weight excluding hydrogens is 552 g/mol. The number of nitrogens with two attached hydrogens (primary N) is 1. The van der Waals surface area contributed by atoms with Crippen LogP contribution in [0.3, 0.4) is 0 Å². The van der Waals surface area contributed by atoms with E-state index < -0.39 is 11.9 Å². The quantitative estimate of drug-likeness (QED) is 0.113. The number of unbranched alkanes of at least 4 members (excludes halogenated alkanes) is 4. The lowest BCUT2D eigenvalue weighted by atomic mass is 9.83. The van der Waals surface area contributed by atoms with Crippen molar-refractivity contribution in [1.29, 1.82) is 5.26 Å². The van der Waals surface area contributed by atoms with Crippen molar-refractivity contribution in [2.45, 2.75) is 58.8 Å². The first kappa shape index (κ1) is 29.1. The van der Waals surface area contributed by atoms with Gasteiger partial charge in [-0.15, -0.1) is 0 Å². The lowest BCUT2D eigenvalue weighted by Gasteiger charge is -2.26. The van der Waals surface area contributed by atoms with Crippen LogP contribution in [0, 0.1) is 25.2 Å². The SMILES string of the molecule is CCCCCCCOc1ccc(C2C(C#N)=C(N)Oc3cc(OC(=O)c4oc5cc(C)c(Cl)cc5c4C)ccc32)cc1. The standard InChI is InChI=1S/C34H33ClN2O5/c1-4-5-6-7-8-15-39-23-11-9-22(10-12-23)31-25-14-13-24(17-30(25)42-33(37)27(31)19-36)40-34(38)32-21(3)26-18-28(35)20(2)16-29(26)41-32/h9-14,16-18,31H,4-8,15,37H2,1-3H3. The molecule has 0 saturated heterocycles. The van der Waals surface area contributed by atoms with Gasteiger partial charge in [-0.05, 0) is 61.7 Å². The molecule has 2 heterocycles. The van der Waals surface area contributed by atoms with Crippen molar-refractivity contribution in [2.75, 3.05) is 6.61 Å². The second kappa shape index (κ2) is 12.6. The lowest BCUT2D eigenvalue weighted by Crippen LogP contribution is -2.21. The van der Waals surface area contributed by atoms with Crippen molar-refractivity contribution in [3.63, 3.8) is 0 Å². The number of fused-ring (bicyclic) bond motifs is 2. The molecule has 0 aliphatic carbocycles. The summed E-state index contributed by atoms with van der Waals surface area (Å²) in [7, 11) is 0. The van der Waals surface area contributed by atoms with Crippen LogP contribution < -0.4 is 19.9 Å². The molecule has 1 aromatic heterocycles. The first-order chi connectivity index (χ1) is 20.3. The van der Waals surface area contributed by atoms with Crippen LogP contribution >= 0.6 is 11.6 Å². The van der Waals surface area contributed by atoms with Crippen LogP contribution in [0.4, 0.5) is 0 Å². The number of furan rings is 1. The molecule has 4 aromatic rings. The van der Waals surface area contributed by atoms with Crippen LogP contribution in [0.15, 0.2) is 70.5 Å². The number of halogens is 1. The Kier molecular flexibility index (Phi) is 8.75. The summed E-state index contributed by atoms with van der Waals surface area (Å²) in [5.41, 5.74) is 10.1. The van der Waals surface area contributed by atoms with Crippen LogP contribution in [0.25, 0.3) is 11.0 Å². The zero-order valence-corrected chi connectivity index (χ0v) is 24.7. The lowest BCUT2D eigenvalue weighted by molar-refractivity contribution is 0.0702. The van der Waals surface area contributed by atoms with Gasteiger partial charge < -0.3 is 24.4 Å². The summed E-state index contributed by atoms with van der Waals surface area (Å²) in [5, 5.41) is 11.3. The molecule has 0 amide bonds. The summed E-state index contributed by atoms with van der Waals surface area (Å²) in [6.45, 7) is 6.52. The van der Waals surface area contributed by atoms with Crippen molar-refractivity contribution in [2.24, 2.45) is 5.73 Å². The van der Waals surface area contributed by atoms with Crippen LogP contribution in [0.1, 0.15) is 77.8 Å². The van der Waals surface area contributed by atoms with Crippen molar-refractivity contribution < 1.29 is 23.4 Å². The van der Waals surface area contributed by atoms with Gasteiger partial charge >= 0.3 is 5.97 Å². The highest BCUT2D eigenvalue weighted by atomic mass is 35.5. The van der Waals surface area contributed by atoms with Gasteiger partial charge in [0.2, 0.25) is 11.6 Å². The number of nitriles is 1. The highest BCUT2D eigenvalue weighted by Crippen LogP contribution is 2.44. The number of hydrogen-bond donors (Lipinski definition) is 1. The molecule has 8 heteroatoms. The molecule has 7 nitrogen and oxygen atoms in total. The number of aryl methyl sites for hydroxylation is 2.